The van der Waals surface area contributed by atoms with E-state index in [1.165, 1.54) is 26.4 Å². The quantitative estimate of drug-likeness (QED) is 0.717. The summed E-state index contributed by atoms with van der Waals surface area (Å²) in [4.78, 5) is 0.243. The van der Waals surface area contributed by atoms with Crippen molar-refractivity contribution in [3.8, 4) is 11.5 Å². The summed E-state index contributed by atoms with van der Waals surface area (Å²) in [7, 11) is 2.94. The van der Waals surface area contributed by atoms with Gasteiger partial charge in [0.2, 0.25) is 0 Å². The molecule has 0 amide bonds. The molecule has 0 spiro atoms. The Balaban J connectivity index is 3.19. The van der Waals surface area contributed by atoms with Crippen LogP contribution in [0, 0.1) is 5.82 Å². The molecule has 0 N–H and O–H groups in total. The summed E-state index contributed by atoms with van der Waals surface area (Å²) in [5.41, 5.74) is 0. The molecule has 66 valence electrons. The summed E-state index contributed by atoms with van der Waals surface area (Å²) in [6.45, 7) is 0. The molecular weight excluding hydrogens is 179 g/mol. The van der Waals surface area contributed by atoms with Gasteiger partial charge in [-0.25, -0.2) is 4.39 Å². The van der Waals surface area contributed by atoms with Crippen LogP contribution in [0.15, 0.2) is 17.0 Å². The van der Waals surface area contributed by atoms with E-state index in [0.29, 0.717) is 11.5 Å². The molecule has 12 heavy (non-hydrogen) atoms. The maximum absolute atomic E-state index is 12.9. The minimum atomic E-state index is -0.420. The highest BCUT2D eigenvalue weighted by Crippen LogP contribution is 2.30. The molecule has 0 heterocycles. The highest BCUT2D eigenvalue weighted by atomic mass is 32.1. The van der Waals surface area contributed by atoms with E-state index in [-0.39, 0.29) is 4.90 Å². The normalized spacial score (nSPS) is 9.67. The third-order valence-corrected chi connectivity index (χ3v) is 1.80. The van der Waals surface area contributed by atoms with Gasteiger partial charge in [-0.05, 0) is 0 Å². The minimum absolute atomic E-state index is 0.243. The molecule has 0 radical (unpaired) electrons. The fraction of sp³-hybridized carbons (Fsp3) is 0.250. The molecule has 0 aliphatic heterocycles. The molecule has 4 heteroatoms. The van der Waals surface area contributed by atoms with Crippen molar-refractivity contribution in [3.63, 3.8) is 0 Å². The van der Waals surface area contributed by atoms with E-state index in [0.717, 1.165) is 0 Å². The predicted octanol–water partition coefficient (Wildman–Crippen LogP) is 2.13. The van der Waals surface area contributed by atoms with Crippen LogP contribution in [-0.4, -0.2) is 14.2 Å². The molecule has 0 saturated carbocycles. The van der Waals surface area contributed by atoms with Gasteiger partial charge in [-0.1, -0.05) is 0 Å². The fourth-order valence-corrected chi connectivity index (χ4v) is 1.03. The Morgan fingerprint density at radius 3 is 2.17 bits per heavy atom. The summed E-state index contributed by atoms with van der Waals surface area (Å²) in [6, 6.07) is 2.71. The van der Waals surface area contributed by atoms with Gasteiger partial charge in [0.05, 0.1) is 14.2 Å². The van der Waals surface area contributed by atoms with Gasteiger partial charge in [-0.15, -0.1) is 12.6 Å². The van der Waals surface area contributed by atoms with Gasteiger partial charge < -0.3 is 9.47 Å². The van der Waals surface area contributed by atoms with E-state index in [1.54, 1.807) is 0 Å². The summed E-state index contributed by atoms with van der Waals surface area (Å²) >= 11 is 3.90. The smallest absolute Gasteiger partial charge is 0.163 e. The van der Waals surface area contributed by atoms with Crippen LogP contribution in [0.25, 0.3) is 0 Å². The second kappa shape index (κ2) is 3.67. The van der Waals surface area contributed by atoms with E-state index in [9.17, 15) is 4.39 Å². The molecule has 1 aromatic carbocycles. The lowest BCUT2D eigenvalue weighted by Gasteiger charge is -2.07. The molecule has 0 fully saturated rings. The van der Waals surface area contributed by atoms with Crippen molar-refractivity contribution in [1.29, 1.82) is 0 Å². The molecular formula is C8H9FO2S. The van der Waals surface area contributed by atoms with E-state index in [1.807, 2.05) is 0 Å². The first-order valence-corrected chi connectivity index (χ1v) is 3.74. The number of halogens is 1. The first-order chi connectivity index (χ1) is 5.69. The van der Waals surface area contributed by atoms with Crippen LogP contribution in [0.3, 0.4) is 0 Å². The zero-order valence-electron chi connectivity index (χ0n) is 6.80. The molecule has 0 aromatic heterocycles. The standard InChI is InChI=1S/C8H9FO2S/c1-10-6-3-5(9)8(12)4-7(6)11-2/h3-4,12H,1-2H3. The van der Waals surface area contributed by atoms with Gasteiger partial charge in [0.15, 0.2) is 11.5 Å². The second-order valence-corrected chi connectivity index (χ2v) is 2.64. The lowest BCUT2D eigenvalue weighted by Crippen LogP contribution is -1.91. The Morgan fingerprint density at radius 2 is 1.67 bits per heavy atom. The Labute approximate surface area is 75.7 Å². The first kappa shape index (κ1) is 9.19. The van der Waals surface area contributed by atoms with E-state index in [4.69, 9.17) is 9.47 Å². The van der Waals surface area contributed by atoms with E-state index >= 15 is 0 Å². The zero-order chi connectivity index (χ0) is 9.14. The third-order valence-electron chi connectivity index (χ3n) is 1.45. The van der Waals surface area contributed by atoms with Crippen LogP contribution >= 0.6 is 12.6 Å². The lowest BCUT2D eigenvalue weighted by atomic mass is 10.3. The van der Waals surface area contributed by atoms with Crippen molar-refractivity contribution in [2.45, 2.75) is 4.90 Å². The highest BCUT2D eigenvalue weighted by molar-refractivity contribution is 7.80. The van der Waals surface area contributed by atoms with Crippen LogP contribution in [0.2, 0.25) is 0 Å². The van der Waals surface area contributed by atoms with Crippen LogP contribution in [0.5, 0.6) is 11.5 Å². The number of benzene rings is 1. The molecule has 0 saturated heterocycles. The van der Waals surface area contributed by atoms with Gasteiger partial charge in [0, 0.05) is 17.0 Å². The summed E-state index contributed by atoms with van der Waals surface area (Å²) in [6.07, 6.45) is 0. The Morgan fingerprint density at radius 1 is 1.17 bits per heavy atom. The van der Waals surface area contributed by atoms with Gasteiger partial charge in [0.25, 0.3) is 0 Å². The van der Waals surface area contributed by atoms with Crippen LogP contribution in [0.4, 0.5) is 4.39 Å². The van der Waals surface area contributed by atoms with Crippen molar-refractivity contribution >= 4 is 12.6 Å². The molecule has 0 bridgehead atoms. The molecule has 0 unspecified atom stereocenters. The zero-order valence-corrected chi connectivity index (χ0v) is 7.69. The highest BCUT2D eigenvalue weighted by Gasteiger charge is 2.07. The number of hydrogen-bond donors (Lipinski definition) is 1. The monoisotopic (exact) mass is 188 g/mol. The SMILES string of the molecule is COc1cc(F)c(S)cc1OC. The van der Waals surface area contributed by atoms with Crippen molar-refractivity contribution in [2.24, 2.45) is 0 Å². The predicted molar refractivity (Wildman–Crippen MR) is 46.8 cm³/mol. The Hall–Kier alpha value is -0.900. The second-order valence-electron chi connectivity index (χ2n) is 2.16. The average Bonchev–Trinajstić information content (AvgIpc) is 2.09. The van der Waals surface area contributed by atoms with Crippen molar-refractivity contribution < 1.29 is 13.9 Å². The average molecular weight is 188 g/mol. The molecule has 0 aliphatic carbocycles. The molecule has 2 nitrogen and oxygen atoms in total. The summed E-state index contributed by atoms with van der Waals surface area (Å²) in [5, 5.41) is 0. The number of thiol groups is 1. The van der Waals surface area contributed by atoms with Crippen molar-refractivity contribution in [1.82, 2.24) is 0 Å². The van der Waals surface area contributed by atoms with Gasteiger partial charge >= 0.3 is 0 Å². The molecule has 0 atom stereocenters. The number of rotatable bonds is 2. The first-order valence-electron chi connectivity index (χ1n) is 3.29. The van der Waals surface area contributed by atoms with Crippen molar-refractivity contribution in [3.05, 3.63) is 17.9 Å². The van der Waals surface area contributed by atoms with E-state index in [2.05, 4.69) is 12.6 Å². The van der Waals surface area contributed by atoms with Crippen LogP contribution < -0.4 is 9.47 Å². The molecule has 0 aliphatic rings. The van der Waals surface area contributed by atoms with Crippen LogP contribution in [-0.2, 0) is 0 Å². The summed E-state index contributed by atoms with van der Waals surface area (Å²) in [5.74, 6) is 0.424. The fourth-order valence-electron chi connectivity index (χ4n) is 0.843. The lowest BCUT2D eigenvalue weighted by molar-refractivity contribution is 0.350. The Kier molecular flexibility index (Phi) is 2.81. The minimum Gasteiger partial charge on any atom is -0.493 e. The van der Waals surface area contributed by atoms with Gasteiger partial charge in [-0.3, -0.25) is 0 Å². The Bertz CT molecular complexity index is 260. The van der Waals surface area contributed by atoms with Crippen LogP contribution in [0.1, 0.15) is 0 Å². The van der Waals surface area contributed by atoms with E-state index < -0.39 is 5.82 Å². The number of ether oxygens (including phenoxy) is 2. The topological polar surface area (TPSA) is 18.5 Å². The molecule has 1 rings (SSSR count). The summed E-state index contributed by atoms with van der Waals surface area (Å²) < 4.78 is 22.7. The third kappa shape index (κ3) is 1.64. The van der Waals surface area contributed by atoms with Gasteiger partial charge in [-0.2, -0.15) is 0 Å². The maximum Gasteiger partial charge on any atom is 0.163 e. The number of methoxy groups -OCH3 is 2. The van der Waals surface area contributed by atoms with Gasteiger partial charge in [0.1, 0.15) is 5.82 Å². The maximum atomic E-state index is 12.9. The van der Waals surface area contributed by atoms with Crippen molar-refractivity contribution in [2.75, 3.05) is 14.2 Å². The number of hydrogen-bond acceptors (Lipinski definition) is 3. The molecule has 1 aromatic rings. The largest absolute Gasteiger partial charge is 0.493 e.